The van der Waals surface area contributed by atoms with Gasteiger partial charge in [-0.2, -0.15) is 0 Å². The van der Waals surface area contributed by atoms with E-state index in [1.807, 2.05) is 76.2 Å². The summed E-state index contributed by atoms with van der Waals surface area (Å²) in [5, 5.41) is 8.31. The minimum absolute atomic E-state index is 0.531. The van der Waals surface area contributed by atoms with Gasteiger partial charge in [-0.3, -0.25) is 0 Å². The third-order valence-electron chi connectivity index (χ3n) is 16.9. The van der Waals surface area contributed by atoms with Gasteiger partial charge in [0.15, 0.2) is 11.5 Å². The van der Waals surface area contributed by atoms with Crippen molar-refractivity contribution >= 4 is 64.6 Å². The Morgan fingerprint density at radius 2 is 0.365 bits per heavy atom. The largest absolute Gasteiger partial charge is 0.494 e. The molecular formula is C90H100O6. The van der Waals surface area contributed by atoms with Crippen LogP contribution in [0.3, 0.4) is 0 Å². The second kappa shape index (κ2) is 40.8. The summed E-state index contributed by atoms with van der Waals surface area (Å²) in [6, 6.07) is 77.8. The number of fused-ring (bicyclic) bond motifs is 12. The van der Waals surface area contributed by atoms with E-state index in [9.17, 15) is 0 Å². The highest BCUT2D eigenvalue weighted by Crippen LogP contribution is 2.32. The van der Waals surface area contributed by atoms with Crippen molar-refractivity contribution in [2.45, 2.75) is 209 Å². The minimum Gasteiger partial charge on any atom is -0.494 e. The molecule has 0 unspecified atom stereocenters. The van der Waals surface area contributed by atoms with Crippen LogP contribution in [-0.4, -0.2) is 41.7 Å². The fraction of sp³-hybridized carbons (Fsp3) is 0.422. The average Bonchev–Trinajstić information content (AvgIpc) is 0.840. The Balaban J connectivity index is 1.37. The van der Waals surface area contributed by atoms with Gasteiger partial charge < -0.3 is 28.4 Å². The lowest BCUT2D eigenvalue weighted by Gasteiger charge is -2.09. The van der Waals surface area contributed by atoms with Gasteiger partial charge >= 0.3 is 0 Å². The molecule has 0 aliphatic rings. The van der Waals surface area contributed by atoms with E-state index in [0.29, 0.717) is 90.8 Å². The Bertz CT molecular complexity index is 3540. The third kappa shape index (κ3) is 23.5. The Morgan fingerprint density at radius 1 is 0.208 bits per heavy atom. The molecule has 96 heavy (non-hydrogen) atoms. The van der Waals surface area contributed by atoms with E-state index in [0.717, 1.165) is 80.6 Å². The maximum absolute atomic E-state index is 6.78. The predicted octanol–water partition coefficient (Wildman–Crippen LogP) is 23.6. The van der Waals surface area contributed by atoms with Gasteiger partial charge in [0.25, 0.3) is 0 Å². The summed E-state index contributed by atoms with van der Waals surface area (Å²) in [4.78, 5) is 0. The first-order valence-corrected chi connectivity index (χ1v) is 35.3. The molecule has 0 N–H and O–H groups in total. The summed E-state index contributed by atoms with van der Waals surface area (Å²) in [6.45, 7) is 17.8. The highest BCUT2D eigenvalue weighted by atomic mass is 16.5. The quantitative estimate of drug-likeness (QED) is 0.0392. The fourth-order valence-corrected chi connectivity index (χ4v) is 12.1. The van der Waals surface area contributed by atoms with Crippen LogP contribution in [0.2, 0.25) is 0 Å². The number of methoxy groups -OCH3 is 4. The van der Waals surface area contributed by atoms with Crippen molar-refractivity contribution in [3.63, 3.8) is 0 Å². The van der Waals surface area contributed by atoms with Crippen LogP contribution in [-0.2, 0) is 0 Å². The lowest BCUT2D eigenvalue weighted by atomic mass is 10.1. The lowest BCUT2D eigenvalue weighted by molar-refractivity contribution is 0.310. The molecule has 0 fully saturated rings. The Morgan fingerprint density at radius 3 is 0.542 bits per heavy atom. The maximum Gasteiger partial charge on any atom is 0.150 e. The second-order valence-corrected chi connectivity index (χ2v) is 25.4. The zero-order chi connectivity index (χ0) is 68.3. The lowest BCUT2D eigenvalue weighted by Crippen LogP contribution is -1.98. The number of hydrogen-bond donors (Lipinski definition) is 0. The fourth-order valence-electron chi connectivity index (χ4n) is 12.1. The molecule has 7 aromatic rings. The zero-order valence-electron chi connectivity index (χ0n) is 59.8. The minimum atomic E-state index is 0.531. The van der Waals surface area contributed by atoms with Gasteiger partial charge in [0.2, 0.25) is 0 Å². The molecule has 0 aliphatic heterocycles. The molecule has 496 valence electrons. The summed E-state index contributed by atoms with van der Waals surface area (Å²) in [7, 11) is 6.59. The summed E-state index contributed by atoms with van der Waals surface area (Å²) in [5.41, 5.74) is 5.88. The van der Waals surface area contributed by atoms with Crippen LogP contribution in [0.5, 0.6) is 34.5 Å². The average molecular weight is 1280 g/mol. The molecule has 0 saturated carbocycles. The monoisotopic (exact) mass is 1280 g/mol. The summed E-state index contributed by atoms with van der Waals surface area (Å²) in [5.74, 6) is 3.49. The molecule has 6 heteroatoms. The van der Waals surface area contributed by atoms with Crippen LogP contribution in [0.15, 0.2) is 72.8 Å². The van der Waals surface area contributed by atoms with Gasteiger partial charge in [0.1, 0.15) is 23.0 Å². The summed E-state index contributed by atoms with van der Waals surface area (Å²) >= 11 is 0. The van der Waals surface area contributed by atoms with Gasteiger partial charge in [0, 0.05) is 0 Å². The van der Waals surface area contributed by atoms with Crippen molar-refractivity contribution in [3.8, 4) is 34.5 Å². The second-order valence-electron chi connectivity index (χ2n) is 25.4. The van der Waals surface area contributed by atoms with Gasteiger partial charge in [-0.05, 0) is 209 Å². The standard InChI is InChI=1S/C90H100O6/c1-13-15-17-19-21-23-25-27-29-31-33-39-53-95-89-81-49-45-77-59-67(3)55-73(85(77)91-9)41-35-37-43-75-57-69(5)61-79(87(75)93-11)47-51-83-65-72(8)66-84(90(83)96-54-40-34-32-30-28-26-24-22-20-18-16-14-2)52-48-80-62-70(6)58-76(88(80)94-12)44-38-36-42-74-56-68(4)60-78(86(74)92-10)46-50-82(89)64-71(7)63-81/h55-66H,13-34,39-40,53-54H2,1-12H3. The van der Waals surface area contributed by atoms with E-state index < -0.39 is 0 Å². The van der Waals surface area contributed by atoms with E-state index in [1.165, 1.54) is 128 Å². The Kier molecular flexibility index (Phi) is 31.4. The highest BCUT2D eigenvalue weighted by molar-refractivity contribution is 5.86. The number of unbranched alkanes of at least 4 members (excludes halogenated alkanes) is 22. The van der Waals surface area contributed by atoms with E-state index in [4.69, 9.17) is 28.4 Å². The van der Waals surface area contributed by atoms with Crippen LogP contribution in [0.25, 0.3) is 64.6 Å². The first kappa shape index (κ1) is 74.0. The van der Waals surface area contributed by atoms with Crippen LogP contribution < -0.4 is 28.4 Å². The molecular weight excluding hydrogens is 1180 g/mol. The van der Waals surface area contributed by atoms with E-state index >= 15 is 0 Å². The molecule has 0 radical (unpaired) electrons. The van der Waals surface area contributed by atoms with Gasteiger partial charge in [-0.25, -0.2) is 0 Å². The highest BCUT2D eigenvalue weighted by Gasteiger charge is 2.10. The topological polar surface area (TPSA) is 55.4 Å². The molecule has 0 heterocycles. The molecule has 12 bridgehead atoms. The van der Waals surface area contributed by atoms with Crippen LogP contribution in [0, 0.1) is 139 Å². The van der Waals surface area contributed by atoms with E-state index in [2.05, 4.69) is 149 Å². The first-order valence-electron chi connectivity index (χ1n) is 35.3. The Hall–Kier alpha value is -9.40. The molecule has 0 spiro atoms. The molecule has 0 saturated heterocycles. The predicted molar refractivity (Wildman–Crippen MR) is 398 cm³/mol. The molecule has 0 atom stereocenters. The van der Waals surface area contributed by atoms with Crippen molar-refractivity contribution in [1.82, 2.24) is 0 Å². The summed E-state index contributed by atoms with van der Waals surface area (Å²) in [6.07, 6.45) is 30.1. The molecule has 6 nitrogen and oxygen atoms in total. The van der Waals surface area contributed by atoms with Crippen molar-refractivity contribution in [2.24, 2.45) is 0 Å². The number of benzene rings is 6. The van der Waals surface area contributed by atoms with Crippen LogP contribution in [0.1, 0.15) is 201 Å². The molecule has 0 aromatic heterocycles. The summed E-state index contributed by atoms with van der Waals surface area (Å²) < 4.78 is 37.9. The van der Waals surface area contributed by atoms with E-state index in [1.54, 1.807) is 28.4 Å². The van der Waals surface area contributed by atoms with Gasteiger partial charge in [0.05, 0.1) is 106 Å². The van der Waals surface area contributed by atoms with Crippen molar-refractivity contribution in [2.75, 3.05) is 41.7 Å². The normalized spacial score (nSPS) is 10.3. The smallest absolute Gasteiger partial charge is 0.150 e. The molecule has 7 rings (SSSR count). The third-order valence-corrected chi connectivity index (χ3v) is 16.9. The van der Waals surface area contributed by atoms with Crippen molar-refractivity contribution in [3.05, 3.63) is 203 Å². The number of rotatable bonds is 32. The number of hydrogen-bond acceptors (Lipinski definition) is 6. The van der Waals surface area contributed by atoms with Crippen LogP contribution >= 0.6 is 0 Å². The maximum atomic E-state index is 6.78. The van der Waals surface area contributed by atoms with E-state index in [-0.39, 0.29) is 0 Å². The molecule has 7 aromatic carbocycles. The SMILES string of the molecule is CCCCCCCCCCCCCCOc1c2c#cc3cc(C)cc(c#cc#cc4cc(C)cc(c#cc5cc(C)cc(c#cc6cc(C)cc(c#cc#cc7cc(C)cc(c#cc1cc(C)c2)c7OC)c6OC)c5OCCCCCCCCCCCCCC)c4OC)c3OC. The molecule has 0 aliphatic carbocycles. The first-order chi connectivity index (χ1) is 46.9. The zero-order valence-corrected chi connectivity index (χ0v) is 59.8. The van der Waals surface area contributed by atoms with Crippen molar-refractivity contribution in [1.29, 1.82) is 0 Å². The Labute approximate surface area is 578 Å². The molecule has 0 amide bonds. The number of aryl methyl sites for hydroxylation is 6. The number of ether oxygens (including phenoxy) is 6. The van der Waals surface area contributed by atoms with Crippen molar-refractivity contribution < 1.29 is 28.4 Å². The van der Waals surface area contributed by atoms with Gasteiger partial charge in [-0.1, -0.05) is 204 Å². The van der Waals surface area contributed by atoms with Gasteiger partial charge in [-0.15, -0.1) is 0 Å². The van der Waals surface area contributed by atoms with Crippen LogP contribution in [0.4, 0.5) is 0 Å².